The Kier molecular flexibility index (Phi) is 11.5. The maximum absolute atomic E-state index is 13.1. The van der Waals surface area contributed by atoms with Crippen LogP contribution in [-0.4, -0.2) is 56.4 Å². The van der Waals surface area contributed by atoms with E-state index in [0.29, 0.717) is 22.5 Å². The molecule has 1 saturated heterocycles. The number of aromatic amines is 1. The summed E-state index contributed by atoms with van der Waals surface area (Å²) in [7, 11) is -10.1. The van der Waals surface area contributed by atoms with E-state index in [4.69, 9.17) is 18.7 Å². The van der Waals surface area contributed by atoms with Crippen LogP contribution < -0.4 is 21.9 Å². The summed E-state index contributed by atoms with van der Waals surface area (Å²) >= 11 is 0. The number of para-hydroxylation sites is 2. The third-order valence-electron chi connectivity index (χ3n) is 7.20. The van der Waals surface area contributed by atoms with E-state index in [1.54, 1.807) is 91.9 Å². The normalized spacial score (nSPS) is 20.9. The Morgan fingerprint density at radius 3 is 1.98 bits per heavy atom. The Morgan fingerprint density at radius 1 is 0.840 bits per heavy atom. The van der Waals surface area contributed by atoms with Crippen molar-refractivity contribution in [3.63, 3.8) is 0 Å². The third kappa shape index (κ3) is 9.86. The second-order valence-electron chi connectivity index (χ2n) is 10.9. The first kappa shape index (κ1) is 36.4. The minimum atomic E-state index is -5.32. The van der Waals surface area contributed by atoms with Gasteiger partial charge in [-0.25, -0.2) is 23.3 Å². The van der Waals surface area contributed by atoms with Crippen molar-refractivity contribution >= 4 is 39.0 Å². The number of hydrogen-bond acceptors (Lipinski definition) is 11. The van der Waals surface area contributed by atoms with Gasteiger partial charge in [0.15, 0.2) is 18.4 Å². The van der Waals surface area contributed by atoms with Gasteiger partial charge in [-0.2, -0.15) is 0 Å². The number of benzene rings is 3. The summed E-state index contributed by atoms with van der Waals surface area (Å²) < 4.78 is 53.5. The van der Waals surface area contributed by atoms with Gasteiger partial charge in [-0.15, -0.1) is 0 Å². The van der Waals surface area contributed by atoms with Crippen LogP contribution in [0, 0.1) is 6.92 Å². The fourth-order valence-corrected chi connectivity index (χ4v) is 7.76. The van der Waals surface area contributed by atoms with Crippen LogP contribution >= 0.6 is 15.4 Å². The lowest BCUT2D eigenvalue weighted by molar-refractivity contribution is -0.0552. The number of phosphoric ester groups is 1. The SMILES string of the molecule is Cc1ccccc1CP(=O)(O)OP(=O)(O)OCC1OC(n2ccc(=O)[nH]c2=O)C(OC(=O)Nc2ccccc2)C1OC(=O)Nc1ccccc1. The molecule has 6 atom stereocenters. The molecule has 1 aromatic heterocycles. The number of carbonyl (C=O) groups excluding carboxylic acids is 2. The molecule has 0 saturated carbocycles. The average Bonchev–Trinajstić information content (AvgIpc) is 3.37. The summed E-state index contributed by atoms with van der Waals surface area (Å²) in [5.74, 6) is 0. The van der Waals surface area contributed by atoms with Gasteiger partial charge < -0.3 is 24.0 Å². The molecule has 0 aliphatic carbocycles. The van der Waals surface area contributed by atoms with Gasteiger partial charge in [0.1, 0.15) is 6.10 Å². The van der Waals surface area contributed by atoms with Gasteiger partial charge in [0, 0.05) is 23.6 Å². The fourth-order valence-electron chi connectivity index (χ4n) is 4.93. The number of hydrogen-bond donors (Lipinski definition) is 5. The van der Waals surface area contributed by atoms with Crippen LogP contribution in [0.1, 0.15) is 17.4 Å². The van der Waals surface area contributed by atoms with Crippen molar-refractivity contribution in [2.45, 2.75) is 37.6 Å². The Balaban J connectivity index is 1.42. The van der Waals surface area contributed by atoms with Crippen LogP contribution in [0.5, 0.6) is 0 Å². The number of anilines is 2. The number of phosphoric acid groups is 1. The average molecular weight is 731 g/mol. The van der Waals surface area contributed by atoms with Crippen molar-refractivity contribution in [1.82, 2.24) is 9.55 Å². The zero-order valence-corrected chi connectivity index (χ0v) is 28.0. The molecule has 264 valence electrons. The molecule has 19 heteroatoms. The summed E-state index contributed by atoms with van der Waals surface area (Å²) in [6.07, 6.45) is -8.21. The van der Waals surface area contributed by atoms with E-state index in [-0.39, 0.29) is 0 Å². The lowest BCUT2D eigenvalue weighted by Gasteiger charge is -2.25. The Labute approximate surface area is 283 Å². The first-order valence-electron chi connectivity index (χ1n) is 14.9. The lowest BCUT2D eigenvalue weighted by atomic mass is 10.1. The molecule has 5 N–H and O–H groups in total. The number of aromatic nitrogens is 2. The molecule has 5 rings (SSSR count). The molecular formula is C31H32N4O13P2. The van der Waals surface area contributed by atoms with Crippen LogP contribution in [0.25, 0.3) is 0 Å². The molecule has 50 heavy (non-hydrogen) atoms. The van der Waals surface area contributed by atoms with Gasteiger partial charge in [0.25, 0.3) is 5.56 Å². The molecule has 2 heterocycles. The number of aryl methyl sites for hydroxylation is 1. The van der Waals surface area contributed by atoms with E-state index < -0.39 is 76.2 Å². The molecule has 0 radical (unpaired) electrons. The highest BCUT2D eigenvalue weighted by Crippen LogP contribution is 2.61. The van der Waals surface area contributed by atoms with Gasteiger partial charge >= 0.3 is 33.3 Å². The van der Waals surface area contributed by atoms with Crippen molar-refractivity contribution in [2.75, 3.05) is 17.2 Å². The second kappa shape index (κ2) is 15.8. The van der Waals surface area contributed by atoms with Crippen molar-refractivity contribution in [3.8, 4) is 0 Å². The topological polar surface area (TPSA) is 234 Å². The zero-order chi connectivity index (χ0) is 35.9. The van der Waals surface area contributed by atoms with E-state index in [1.165, 1.54) is 0 Å². The number of H-pyrrole nitrogens is 1. The second-order valence-corrected chi connectivity index (χ2v) is 14.3. The molecule has 17 nitrogen and oxygen atoms in total. The van der Waals surface area contributed by atoms with Crippen LogP contribution in [0.15, 0.2) is 107 Å². The van der Waals surface area contributed by atoms with Gasteiger partial charge in [-0.05, 0) is 42.3 Å². The van der Waals surface area contributed by atoms with E-state index in [1.807, 2.05) is 4.98 Å². The van der Waals surface area contributed by atoms with E-state index >= 15 is 0 Å². The number of nitrogens with zero attached hydrogens (tertiary/aromatic N) is 1. The van der Waals surface area contributed by atoms with Gasteiger partial charge in [0.2, 0.25) is 0 Å². The van der Waals surface area contributed by atoms with Crippen molar-refractivity contribution in [1.29, 1.82) is 0 Å². The van der Waals surface area contributed by atoms with Crippen molar-refractivity contribution < 1.29 is 51.6 Å². The first-order chi connectivity index (χ1) is 23.8. The molecule has 0 bridgehead atoms. The molecule has 4 aromatic rings. The smallest absolute Gasteiger partial charge is 0.439 e. The summed E-state index contributed by atoms with van der Waals surface area (Å²) in [6, 6.07) is 23.8. The van der Waals surface area contributed by atoms with Crippen LogP contribution in [-0.2, 0) is 38.3 Å². The zero-order valence-electron chi connectivity index (χ0n) is 26.2. The highest BCUT2D eigenvalue weighted by Gasteiger charge is 2.52. The summed E-state index contributed by atoms with van der Waals surface area (Å²) in [4.78, 5) is 73.7. The Hall–Kier alpha value is -4.86. The van der Waals surface area contributed by atoms with Crippen LogP contribution in [0.4, 0.5) is 21.0 Å². The Morgan fingerprint density at radius 2 is 1.40 bits per heavy atom. The summed E-state index contributed by atoms with van der Waals surface area (Å²) in [5.41, 5.74) is -0.0853. The molecule has 1 fully saturated rings. The van der Waals surface area contributed by atoms with Gasteiger partial charge in [-0.1, -0.05) is 60.7 Å². The predicted octanol–water partition coefficient (Wildman–Crippen LogP) is 4.50. The predicted molar refractivity (Wildman–Crippen MR) is 177 cm³/mol. The summed E-state index contributed by atoms with van der Waals surface area (Å²) in [6.45, 7) is 0.731. The van der Waals surface area contributed by atoms with Crippen molar-refractivity contribution in [2.24, 2.45) is 0 Å². The third-order valence-corrected chi connectivity index (χ3v) is 10.3. The van der Waals surface area contributed by atoms with E-state index in [9.17, 15) is 38.1 Å². The molecule has 3 aromatic carbocycles. The molecule has 6 unspecified atom stereocenters. The molecule has 0 spiro atoms. The molecular weight excluding hydrogens is 698 g/mol. The van der Waals surface area contributed by atoms with Crippen molar-refractivity contribution in [3.05, 3.63) is 129 Å². The Bertz CT molecular complexity index is 2030. The summed E-state index contributed by atoms with van der Waals surface area (Å²) in [5, 5.41) is 4.97. The highest BCUT2D eigenvalue weighted by molar-refractivity contribution is 7.63. The molecule has 1 aliphatic rings. The maximum Gasteiger partial charge on any atom is 0.479 e. The first-order valence-corrected chi connectivity index (χ1v) is 18.1. The number of amides is 2. The monoisotopic (exact) mass is 730 g/mol. The van der Waals surface area contributed by atoms with Crippen LogP contribution in [0.2, 0.25) is 0 Å². The number of rotatable bonds is 12. The largest absolute Gasteiger partial charge is 0.479 e. The van der Waals surface area contributed by atoms with E-state index in [0.717, 1.165) is 16.8 Å². The minimum absolute atomic E-state index is 0.317. The minimum Gasteiger partial charge on any atom is -0.439 e. The standard InChI is InChI=1S/C31H32N4O13P2/c1-20-10-8-9-11-21(20)19-49(40,41)48-50(42,43)44-18-24-26(46-30(38)32-22-12-4-2-5-13-22)27(47-31(39)33-23-14-6-3-7-15-23)28(45-24)35-17-16-25(36)34-29(35)37/h2-17,24,26-28H,18-19H2,1H3,(H,32,38)(H,33,39)(H,40,41)(H,42,43)(H,34,36,37). The fraction of sp³-hybridized carbons (Fsp3) is 0.226. The highest BCUT2D eigenvalue weighted by atomic mass is 31.3. The molecule has 2 amide bonds. The quantitative estimate of drug-likeness (QED) is 0.127. The van der Waals surface area contributed by atoms with Gasteiger partial charge in [-0.3, -0.25) is 34.1 Å². The lowest BCUT2D eigenvalue weighted by Crippen LogP contribution is -2.44. The number of nitrogens with one attached hydrogen (secondary N) is 3. The number of carbonyl (C=O) groups is 2. The van der Waals surface area contributed by atoms with Crippen LogP contribution in [0.3, 0.4) is 0 Å². The van der Waals surface area contributed by atoms with Gasteiger partial charge in [0.05, 0.1) is 12.8 Å². The molecule has 1 aliphatic heterocycles. The maximum atomic E-state index is 13.1. The number of ether oxygens (including phenoxy) is 3. The van der Waals surface area contributed by atoms with E-state index in [2.05, 4.69) is 14.9 Å².